The molecule has 2 rings (SSSR count). The lowest BCUT2D eigenvalue weighted by atomic mass is 9.82. The summed E-state index contributed by atoms with van der Waals surface area (Å²) in [4.78, 5) is 0. The molecular weight excluding hydrogens is 172 g/mol. The number of benzene rings is 1. The zero-order valence-corrected chi connectivity index (χ0v) is 9.26. The molecular formula is C12H17N2+. The highest BCUT2D eigenvalue weighted by Gasteiger charge is 2.41. The fraction of sp³-hybridized carbons (Fsp3) is 0.417. The van der Waals surface area contributed by atoms with Gasteiger partial charge in [0.05, 0.1) is 5.41 Å². The lowest BCUT2D eigenvalue weighted by molar-refractivity contribution is -0.403. The van der Waals surface area contributed by atoms with Crippen molar-refractivity contribution in [2.75, 3.05) is 12.8 Å². The molecule has 1 aromatic rings. The maximum atomic E-state index is 5.82. The van der Waals surface area contributed by atoms with Gasteiger partial charge in [-0.3, -0.25) is 0 Å². The van der Waals surface area contributed by atoms with Crippen molar-refractivity contribution in [2.24, 2.45) is 0 Å². The van der Waals surface area contributed by atoms with Gasteiger partial charge < -0.3 is 5.73 Å². The van der Waals surface area contributed by atoms with Crippen molar-refractivity contribution in [1.82, 2.24) is 0 Å². The summed E-state index contributed by atoms with van der Waals surface area (Å²) in [6.07, 6.45) is 0. The lowest BCUT2D eigenvalue weighted by Crippen LogP contribution is -2.25. The van der Waals surface area contributed by atoms with E-state index in [0.717, 1.165) is 5.69 Å². The van der Waals surface area contributed by atoms with E-state index in [4.69, 9.17) is 5.73 Å². The molecule has 0 bridgehead atoms. The van der Waals surface area contributed by atoms with Crippen LogP contribution in [0.15, 0.2) is 18.2 Å². The van der Waals surface area contributed by atoms with E-state index >= 15 is 0 Å². The Morgan fingerprint density at radius 3 is 2.57 bits per heavy atom. The predicted octanol–water partition coefficient (Wildman–Crippen LogP) is 2.29. The first-order valence-corrected chi connectivity index (χ1v) is 4.92. The Morgan fingerprint density at radius 1 is 1.29 bits per heavy atom. The summed E-state index contributed by atoms with van der Waals surface area (Å²) in [6, 6.07) is 6.15. The van der Waals surface area contributed by atoms with Crippen LogP contribution in [-0.2, 0) is 5.41 Å². The molecule has 0 spiro atoms. The Balaban J connectivity index is 2.73. The van der Waals surface area contributed by atoms with E-state index in [9.17, 15) is 0 Å². The maximum absolute atomic E-state index is 5.82. The maximum Gasteiger partial charge on any atom is 0.209 e. The highest BCUT2D eigenvalue weighted by Crippen LogP contribution is 2.39. The van der Waals surface area contributed by atoms with Gasteiger partial charge in [-0.05, 0) is 26.0 Å². The standard InChI is InChI=1S/C12H17N2/c1-8-12(2,3)10-7-9(13)5-6-11(10)14(8)4/h5-7H,13H2,1-4H3/q+1. The zero-order valence-electron chi connectivity index (χ0n) is 9.26. The van der Waals surface area contributed by atoms with E-state index in [1.165, 1.54) is 17.0 Å². The summed E-state index contributed by atoms with van der Waals surface area (Å²) in [6.45, 7) is 6.66. The molecule has 74 valence electrons. The first kappa shape index (κ1) is 9.25. The Labute approximate surface area is 85.1 Å². The minimum atomic E-state index is 0.111. The first-order valence-electron chi connectivity index (χ1n) is 4.92. The second kappa shape index (κ2) is 2.59. The second-order valence-corrected chi connectivity index (χ2v) is 4.55. The highest BCUT2D eigenvalue weighted by atomic mass is 15.0. The van der Waals surface area contributed by atoms with Gasteiger partial charge in [-0.2, -0.15) is 0 Å². The molecule has 0 saturated carbocycles. The number of hydrogen-bond donors (Lipinski definition) is 1. The number of anilines is 1. The van der Waals surface area contributed by atoms with Gasteiger partial charge in [0.25, 0.3) is 0 Å². The molecule has 0 fully saturated rings. The number of nitrogen functional groups attached to an aromatic ring is 1. The number of nitrogens with two attached hydrogens (primary N) is 1. The molecule has 0 aromatic heterocycles. The monoisotopic (exact) mass is 189 g/mol. The van der Waals surface area contributed by atoms with Crippen molar-refractivity contribution >= 4 is 17.1 Å². The quantitative estimate of drug-likeness (QED) is 0.492. The van der Waals surface area contributed by atoms with E-state index < -0.39 is 0 Å². The van der Waals surface area contributed by atoms with Crippen LogP contribution in [0.4, 0.5) is 11.4 Å². The topological polar surface area (TPSA) is 29.0 Å². The zero-order chi connectivity index (χ0) is 10.5. The average Bonchev–Trinajstić information content (AvgIpc) is 2.29. The van der Waals surface area contributed by atoms with Gasteiger partial charge in [-0.15, -0.1) is 0 Å². The van der Waals surface area contributed by atoms with Crippen molar-refractivity contribution in [2.45, 2.75) is 26.2 Å². The summed E-state index contributed by atoms with van der Waals surface area (Å²) in [5.41, 5.74) is 10.8. The summed E-state index contributed by atoms with van der Waals surface area (Å²) >= 11 is 0. The van der Waals surface area contributed by atoms with E-state index in [0.29, 0.717) is 0 Å². The van der Waals surface area contributed by atoms with Crippen molar-refractivity contribution in [3.8, 4) is 0 Å². The smallest absolute Gasteiger partial charge is 0.209 e. The van der Waals surface area contributed by atoms with Crippen LogP contribution in [0, 0.1) is 0 Å². The van der Waals surface area contributed by atoms with Crippen molar-refractivity contribution in [3.63, 3.8) is 0 Å². The Hall–Kier alpha value is -1.31. The van der Waals surface area contributed by atoms with Gasteiger partial charge in [0.2, 0.25) is 5.69 Å². The predicted molar refractivity (Wildman–Crippen MR) is 60.4 cm³/mol. The minimum absolute atomic E-state index is 0.111. The molecule has 1 aliphatic rings. The normalized spacial score (nSPS) is 18.6. The lowest BCUT2D eigenvalue weighted by Gasteiger charge is -2.14. The molecule has 1 aromatic carbocycles. The van der Waals surface area contributed by atoms with E-state index in [1.807, 2.05) is 6.07 Å². The molecule has 1 aliphatic heterocycles. The van der Waals surface area contributed by atoms with Crippen molar-refractivity contribution in [1.29, 1.82) is 0 Å². The van der Waals surface area contributed by atoms with Crippen LogP contribution in [-0.4, -0.2) is 17.3 Å². The summed E-state index contributed by atoms with van der Waals surface area (Å²) < 4.78 is 2.24. The van der Waals surface area contributed by atoms with Gasteiger partial charge >= 0.3 is 0 Å². The SMILES string of the molecule is CC1=[N+](C)c2ccc(N)cc2C1(C)C. The third kappa shape index (κ3) is 0.999. The van der Waals surface area contributed by atoms with E-state index in [1.54, 1.807) is 0 Å². The average molecular weight is 189 g/mol. The molecule has 0 aliphatic carbocycles. The van der Waals surface area contributed by atoms with E-state index in [2.05, 4.69) is 44.5 Å². The van der Waals surface area contributed by atoms with Crippen molar-refractivity contribution < 1.29 is 4.58 Å². The van der Waals surface area contributed by atoms with Crippen LogP contribution in [0.3, 0.4) is 0 Å². The van der Waals surface area contributed by atoms with Gasteiger partial charge in [0.1, 0.15) is 7.05 Å². The Kier molecular flexibility index (Phi) is 1.71. The van der Waals surface area contributed by atoms with Crippen LogP contribution >= 0.6 is 0 Å². The molecule has 0 saturated heterocycles. The fourth-order valence-electron chi connectivity index (χ4n) is 2.14. The molecule has 0 unspecified atom stereocenters. The molecule has 0 amide bonds. The molecule has 2 nitrogen and oxygen atoms in total. The molecule has 0 atom stereocenters. The molecule has 0 radical (unpaired) electrons. The van der Waals surface area contributed by atoms with Crippen molar-refractivity contribution in [3.05, 3.63) is 23.8 Å². The van der Waals surface area contributed by atoms with Gasteiger partial charge in [0, 0.05) is 24.2 Å². The summed E-state index contributed by atoms with van der Waals surface area (Å²) in [7, 11) is 2.11. The van der Waals surface area contributed by atoms with Gasteiger partial charge in [-0.1, -0.05) is 0 Å². The van der Waals surface area contributed by atoms with Gasteiger partial charge in [-0.25, -0.2) is 4.58 Å². The van der Waals surface area contributed by atoms with Crippen LogP contribution in [0.25, 0.3) is 0 Å². The molecule has 14 heavy (non-hydrogen) atoms. The Bertz CT molecular complexity index is 428. The second-order valence-electron chi connectivity index (χ2n) is 4.55. The van der Waals surface area contributed by atoms with Gasteiger partial charge in [0.15, 0.2) is 5.71 Å². The van der Waals surface area contributed by atoms with Crippen LogP contribution in [0.1, 0.15) is 26.3 Å². The summed E-state index contributed by atoms with van der Waals surface area (Å²) in [5.74, 6) is 0. The molecule has 2 heteroatoms. The molecule has 2 N–H and O–H groups in total. The fourth-order valence-corrected chi connectivity index (χ4v) is 2.14. The summed E-state index contributed by atoms with van der Waals surface area (Å²) in [5, 5.41) is 0. The number of hydrogen-bond acceptors (Lipinski definition) is 1. The molecule has 1 heterocycles. The highest BCUT2D eigenvalue weighted by molar-refractivity contribution is 5.93. The first-order chi connectivity index (χ1) is 6.44. The van der Waals surface area contributed by atoms with Crippen LogP contribution in [0.2, 0.25) is 0 Å². The third-order valence-corrected chi connectivity index (χ3v) is 3.46. The van der Waals surface area contributed by atoms with Crippen LogP contribution in [0.5, 0.6) is 0 Å². The van der Waals surface area contributed by atoms with Crippen LogP contribution < -0.4 is 5.73 Å². The number of rotatable bonds is 0. The largest absolute Gasteiger partial charge is 0.399 e. The number of fused-ring (bicyclic) bond motifs is 1. The van der Waals surface area contributed by atoms with E-state index in [-0.39, 0.29) is 5.41 Å². The Morgan fingerprint density at radius 2 is 1.93 bits per heavy atom. The minimum Gasteiger partial charge on any atom is -0.399 e. The third-order valence-electron chi connectivity index (χ3n) is 3.46. The number of nitrogens with zero attached hydrogens (tertiary/aromatic N) is 1.